The van der Waals surface area contributed by atoms with E-state index in [0.29, 0.717) is 57.8 Å². The summed E-state index contributed by atoms with van der Waals surface area (Å²) in [5, 5.41) is 22.1. The molecule has 6 saturated heterocycles. The number of alkyl halides is 6. The molecule has 0 unspecified atom stereocenters. The average molecular weight is 1970 g/mol. The zero-order valence-electron chi connectivity index (χ0n) is 69.4. The number of carbonyl (C=O) groups excluding carboxylic acids is 1. The minimum absolute atomic E-state index is 0.0200. The van der Waals surface area contributed by atoms with Crippen molar-refractivity contribution in [3.63, 3.8) is 0 Å². The maximum atomic E-state index is 13.5. The number of sulfone groups is 2. The third-order valence-corrected chi connectivity index (χ3v) is 23.5. The van der Waals surface area contributed by atoms with Crippen molar-refractivity contribution in [2.45, 2.75) is 49.4 Å². The van der Waals surface area contributed by atoms with Crippen LogP contribution in [0.1, 0.15) is 36.7 Å². The normalized spacial score (nSPS) is 15.5. The lowest BCUT2D eigenvalue weighted by atomic mass is 10.0. The first-order valence-corrected chi connectivity index (χ1v) is 47.1. The second-order valence-corrected chi connectivity index (χ2v) is 36.3. The Kier molecular flexibility index (Phi) is 41.7. The van der Waals surface area contributed by atoms with Crippen LogP contribution in [0, 0.1) is 5.82 Å². The molecule has 674 valence electrons. The van der Waals surface area contributed by atoms with Crippen LogP contribution in [0.4, 0.5) is 64.9 Å². The van der Waals surface area contributed by atoms with Gasteiger partial charge in [-0.1, -0.05) is 109 Å². The summed E-state index contributed by atoms with van der Waals surface area (Å²) in [6.07, 6.45) is -6.68. The third kappa shape index (κ3) is 36.0. The SMILES string of the molecule is CC(C)Oc1cc(N2CCNCC2)ccc1Cl.CCOc1cc(N2CCNCC2)ccc1Cl.CS(=O)(=O)c1ccc(Br)cc1.CS(=O)(=O)c1ccc(N2CCNCC2)cc1.FC(F)(F)Oc1ccc(Br)cc1.FC(F)(F)Oc1ccc(N2CCNCC2)cc1.Fc1cc(Cl)ccc1N1CCNCC1.O=C(c1ccccc1)c1cc(Cl)ccc1N1CCNCC1. The number of nitrogens with zero attached hydrogens (tertiary/aromatic N) is 6. The molecule has 124 heavy (non-hydrogen) atoms. The molecule has 6 aliphatic rings. The van der Waals surface area contributed by atoms with Crippen LogP contribution in [0.3, 0.4) is 0 Å². The van der Waals surface area contributed by atoms with Crippen LogP contribution in [0.5, 0.6) is 23.0 Å². The van der Waals surface area contributed by atoms with Gasteiger partial charge in [0.2, 0.25) is 0 Å². The Morgan fingerprint density at radius 2 is 0.734 bits per heavy atom. The van der Waals surface area contributed by atoms with E-state index in [1.807, 2.05) is 105 Å². The van der Waals surface area contributed by atoms with Crippen LogP contribution in [0.15, 0.2) is 219 Å². The number of rotatable bonds is 16. The maximum absolute atomic E-state index is 13.5. The number of hydrogen-bond donors (Lipinski definition) is 6. The molecule has 0 aliphatic carbocycles. The van der Waals surface area contributed by atoms with Gasteiger partial charge in [-0.15, -0.1) is 26.3 Å². The highest BCUT2D eigenvalue weighted by Crippen LogP contribution is 2.34. The van der Waals surface area contributed by atoms with Gasteiger partial charge in [0.15, 0.2) is 25.5 Å². The summed E-state index contributed by atoms with van der Waals surface area (Å²) in [6.45, 7) is 29.5. The molecule has 6 N–H and O–H groups in total. The number of benzene rings is 9. The molecule has 36 heteroatoms. The monoisotopic (exact) mass is 1970 g/mol. The number of ketones is 1. The van der Waals surface area contributed by atoms with Gasteiger partial charge in [-0.05, 0) is 178 Å². The van der Waals surface area contributed by atoms with E-state index in [9.17, 15) is 52.4 Å². The quantitative estimate of drug-likeness (QED) is 0.0392. The van der Waals surface area contributed by atoms with Crippen molar-refractivity contribution in [3.8, 4) is 23.0 Å². The lowest BCUT2D eigenvalue weighted by molar-refractivity contribution is -0.275. The predicted molar refractivity (Wildman–Crippen MR) is 494 cm³/mol. The molecule has 15 rings (SSSR count). The Bertz CT molecular complexity index is 4950. The summed E-state index contributed by atoms with van der Waals surface area (Å²) in [7, 11) is -6.12. The first kappa shape index (κ1) is 101. The highest BCUT2D eigenvalue weighted by atomic mass is 79.9. The van der Waals surface area contributed by atoms with Crippen molar-refractivity contribution in [2.24, 2.45) is 0 Å². The molecule has 21 nitrogen and oxygen atoms in total. The molecule has 0 saturated carbocycles. The second-order valence-electron chi connectivity index (χ2n) is 28.7. The molecule has 9 aromatic rings. The Morgan fingerprint density at radius 3 is 1.11 bits per heavy atom. The Balaban J connectivity index is 0.000000177. The highest BCUT2D eigenvalue weighted by Gasteiger charge is 2.32. The van der Waals surface area contributed by atoms with Crippen molar-refractivity contribution in [1.29, 1.82) is 0 Å². The minimum Gasteiger partial charge on any atom is -0.492 e. The number of nitrogens with one attached hydrogen (secondary N) is 6. The molecule has 0 spiro atoms. The van der Waals surface area contributed by atoms with Crippen LogP contribution in [-0.2, 0) is 19.7 Å². The van der Waals surface area contributed by atoms with Gasteiger partial charge >= 0.3 is 12.7 Å². The molecule has 0 bridgehead atoms. The van der Waals surface area contributed by atoms with E-state index in [1.165, 1.54) is 66.4 Å². The van der Waals surface area contributed by atoms with E-state index < -0.39 is 32.4 Å². The molecule has 0 atom stereocenters. The summed E-state index contributed by atoms with van der Waals surface area (Å²) in [4.78, 5) is 26.8. The Hall–Kier alpha value is -8.06. The van der Waals surface area contributed by atoms with Crippen LogP contribution < -0.4 is 80.2 Å². The van der Waals surface area contributed by atoms with E-state index >= 15 is 0 Å². The molecule has 6 aliphatic heterocycles. The average Bonchev–Trinajstić information content (AvgIpc) is 0.803. The lowest BCUT2D eigenvalue weighted by Crippen LogP contribution is -2.44. The van der Waals surface area contributed by atoms with Crippen molar-refractivity contribution in [3.05, 3.63) is 246 Å². The van der Waals surface area contributed by atoms with E-state index in [1.54, 1.807) is 66.7 Å². The number of hydrogen-bond acceptors (Lipinski definition) is 21. The van der Waals surface area contributed by atoms with Gasteiger partial charge in [-0.3, -0.25) is 4.79 Å². The fourth-order valence-electron chi connectivity index (χ4n) is 13.0. The van der Waals surface area contributed by atoms with Gasteiger partial charge in [0, 0.05) is 240 Å². The molecular formula is C88H105Br2Cl4F7N12O9S2. The van der Waals surface area contributed by atoms with E-state index in [-0.39, 0.29) is 29.2 Å². The van der Waals surface area contributed by atoms with E-state index in [2.05, 4.69) is 110 Å². The predicted octanol–water partition coefficient (Wildman–Crippen LogP) is 17.2. The zero-order valence-corrected chi connectivity index (χ0v) is 77.2. The molecule has 0 aromatic heterocycles. The molecule has 0 amide bonds. The molecule has 9 aromatic carbocycles. The Labute approximate surface area is 759 Å². The second kappa shape index (κ2) is 51.1. The summed E-state index contributed by atoms with van der Waals surface area (Å²) in [5.41, 5.74) is 7.37. The van der Waals surface area contributed by atoms with Gasteiger partial charge in [-0.25, -0.2) is 21.2 Å². The summed E-state index contributed by atoms with van der Waals surface area (Å²) in [5.74, 6) is 0.936. The molecule has 6 fully saturated rings. The first-order chi connectivity index (χ1) is 59.1. The fourth-order valence-corrected chi connectivity index (χ4v) is 15.5. The summed E-state index contributed by atoms with van der Waals surface area (Å²) >= 11 is 30.3. The van der Waals surface area contributed by atoms with Gasteiger partial charge in [-0.2, -0.15) is 0 Å². The number of ether oxygens (including phenoxy) is 4. The zero-order chi connectivity index (χ0) is 89.8. The van der Waals surface area contributed by atoms with Gasteiger partial charge in [0.1, 0.15) is 28.8 Å². The van der Waals surface area contributed by atoms with Gasteiger partial charge < -0.3 is 80.2 Å². The Morgan fingerprint density at radius 1 is 0.411 bits per heavy atom. The van der Waals surface area contributed by atoms with Gasteiger partial charge in [0.05, 0.1) is 38.2 Å². The largest absolute Gasteiger partial charge is 0.573 e. The van der Waals surface area contributed by atoms with Crippen LogP contribution in [0.25, 0.3) is 0 Å². The summed E-state index contributed by atoms with van der Waals surface area (Å²) < 4.78 is 149. The highest BCUT2D eigenvalue weighted by molar-refractivity contribution is 9.10. The number of halogens is 13. The van der Waals surface area contributed by atoms with Crippen molar-refractivity contribution >= 4 is 138 Å². The number of anilines is 6. The van der Waals surface area contributed by atoms with E-state index in [4.69, 9.17) is 55.9 Å². The summed E-state index contributed by atoms with van der Waals surface area (Å²) in [6, 6.07) is 56.7. The topological polar surface area (TPSA) is 214 Å². The van der Waals surface area contributed by atoms with Crippen molar-refractivity contribution in [2.75, 3.05) is 206 Å². The van der Waals surface area contributed by atoms with Crippen LogP contribution >= 0.6 is 78.3 Å². The van der Waals surface area contributed by atoms with E-state index in [0.717, 1.165) is 190 Å². The minimum atomic E-state index is -4.63. The number of carbonyl (C=O) groups is 1. The first-order valence-electron chi connectivity index (χ1n) is 40.2. The number of piperazine rings is 6. The van der Waals surface area contributed by atoms with Crippen molar-refractivity contribution in [1.82, 2.24) is 31.9 Å². The molecule has 0 radical (unpaired) electrons. The molecule has 6 heterocycles. The standard InChI is InChI=1S/C17H17ClN2O.C13H19ClN2O.C12H17ClN2O.C11H13F3N2O.C11H16N2O2S.C10H12ClFN2.C7H4BrF3O.C7H7BrO2S/c18-14-6-7-16(20-10-8-19-9-11-20)15(12-14)17(21)13-4-2-1-3-5-13;1-10(2)17-13-9-11(3-4-12(13)14)16-7-5-15-6-8-16;1-2-16-12-9-10(3-4-11(12)13)15-7-5-14-6-8-15;12-11(13,14)17-10-3-1-9(2-4-10)16-7-5-15-6-8-16;1-16(14,15)11-4-2-10(3-5-11)13-8-6-12-7-9-13;11-8-1-2-10(9(12)7-8)14-5-3-13-4-6-14;8-5-1-3-6(4-2-5)12-7(9,10)11;1-11(9,10)7-4-2-6(8)3-5-7/h1-7,12,19H,8-11H2;3-4,9-10,15H,5-8H2,1-2H3;3-4,9,14H,2,5-8H2,1H3;1-4,15H,5-8H2;2-5,12H,6-9H2,1H3;1-2,7,13H,3-6H2;1-4H;2-5H,1H3. The fraction of sp³-hybridized carbons (Fsp3) is 0.375. The van der Waals surface area contributed by atoms with Crippen LogP contribution in [-0.4, -0.2) is 218 Å². The maximum Gasteiger partial charge on any atom is 0.573 e. The smallest absolute Gasteiger partial charge is 0.492 e. The van der Waals surface area contributed by atoms with Gasteiger partial charge in [0.25, 0.3) is 0 Å². The lowest BCUT2D eigenvalue weighted by Gasteiger charge is -2.31. The van der Waals surface area contributed by atoms with Crippen LogP contribution in [0.2, 0.25) is 20.1 Å². The third-order valence-electron chi connectivity index (χ3n) is 19.1. The molecular weight excluding hydrogens is 1870 g/mol. The van der Waals surface area contributed by atoms with Crippen molar-refractivity contribution < 1.29 is 71.3 Å².